The van der Waals surface area contributed by atoms with Crippen molar-refractivity contribution in [1.82, 2.24) is 4.98 Å². The molecule has 2 rings (SSSR count). The predicted molar refractivity (Wildman–Crippen MR) is 58.3 cm³/mol. The Labute approximate surface area is 92.5 Å². The Kier molecular flexibility index (Phi) is 2.69. The van der Waals surface area contributed by atoms with Gasteiger partial charge in [0.05, 0.1) is 22.0 Å². The van der Waals surface area contributed by atoms with Gasteiger partial charge in [-0.25, -0.2) is 4.98 Å². The minimum atomic E-state index is -0.0602. The van der Waals surface area contributed by atoms with E-state index in [1.165, 1.54) is 11.3 Å². The van der Waals surface area contributed by atoms with E-state index in [9.17, 15) is 9.59 Å². The lowest BCUT2D eigenvalue weighted by molar-refractivity contribution is -0.119. The molecule has 0 amide bonds. The van der Waals surface area contributed by atoms with E-state index in [0.717, 1.165) is 23.5 Å². The molecule has 0 aromatic carbocycles. The highest BCUT2D eigenvalue weighted by Gasteiger charge is 2.31. The second kappa shape index (κ2) is 3.85. The number of rotatable bonds is 4. The highest BCUT2D eigenvalue weighted by Crippen LogP contribution is 2.31. The van der Waals surface area contributed by atoms with Crippen molar-refractivity contribution < 1.29 is 9.59 Å². The van der Waals surface area contributed by atoms with Gasteiger partial charge in [-0.15, -0.1) is 11.3 Å². The summed E-state index contributed by atoms with van der Waals surface area (Å²) in [5, 5.41) is 0.884. The summed E-state index contributed by atoms with van der Waals surface area (Å²) in [7, 11) is 0. The lowest BCUT2D eigenvalue weighted by Crippen LogP contribution is -2.09. The van der Waals surface area contributed by atoms with E-state index in [2.05, 4.69) is 4.98 Å². The SMILES string of the molecule is Cc1nc(C)c(C(=O)CC(=O)C2CC2)s1. The molecule has 1 heterocycles. The maximum atomic E-state index is 11.8. The number of carbonyl (C=O) groups excluding carboxylic acids is 2. The van der Waals surface area contributed by atoms with E-state index in [-0.39, 0.29) is 23.9 Å². The highest BCUT2D eigenvalue weighted by molar-refractivity contribution is 7.13. The zero-order valence-corrected chi connectivity index (χ0v) is 9.69. The minimum absolute atomic E-state index is 0.0602. The Balaban J connectivity index is 2.06. The number of hydrogen-bond acceptors (Lipinski definition) is 4. The molecule has 1 aliphatic carbocycles. The molecule has 0 atom stereocenters. The van der Waals surface area contributed by atoms with Crippen molar-refractivity contribution in [3.8, 4) is 0 Å². The molecule has 0 unspecified atom stereocenters. The van der Waals surface area contributed by atoms with Gasteiger partial charge in [-0.3, -0.25) is 9.59 Å². The van der Waals surface area contributed by atoms with Crippen LogP contribution in [0.15, 0.2) is 0 Å². The van der Waals surface area contributed by atoms with Crippen molar-refractivity contribution in [2.45, 2.75) is 33.1 Å². The summed E-state index contributed by atoms with van der Waals surface area (Å²) in [6.07, 6.45) is 1.99. The molecule has 1 aromatic rings. The van der Waals surface area contributed by atoms with E-state index < -0.39 is 0 Å². The molecule has 0 aliphatic heterocycles. The predicted octanol–water partition coefficient (Wildman–Crippen LogP) is 2.31. The van der Waals surface area contributed by atoms with Crippen LogP contribution in [0.25, 0.3) is 0 Å². The molecule has 1 fully saturated rings. The summed E-state index contributed by atoms with van der Waals surface area (Å²) in [6, 6.07) is 0. The van der Waals surface area contributed by atoms with E-state index in [0.29, 0.717) is 4.88 Å². The van der Waals surface area contributed by atoms with Crippen LogP contribution < -0.4 is 0 Å². The first-order chi connectivity index (χ1) is 7.08. The van der Waals surface area contributed by atoms with Gasteiger partial charge in [0, 0.05) is 5.92 Å². The van der Waals surface area contributed by atoms with Crippen LogP contribution >= 0.6 is 11.3 Å². The average molecular weight is 223 g/mol. The number of hydrogen-bond donors (Lipinski definition) is 0. The zero-order chi connectivity index (χ0) is 11.0. The third kappa shape index (κ3) is 2.31. The number of aryl methyl sites for hydroxylation is 2. The summed E-state index contributed by atoms with van der Waals surface area (Å²) >= 11 is 1.38. The number of Topliss-reactive ketones (excluding diaryl/α,β-unsaturated/α-hetero) is 2. The van der Waals surface area contributed by atoms with Crippen LogP contribution in [0.2, 0.25) is 0 Å². The minimum Gasteiger partial charge on any atom is -0.299 e. The van der Waals surface area contributed by atoms with Crippen molar-refractivity contribution in [1.29, 1.82) is 0 Å². The number of ketones is 2. The van der Waals surface area contributed by atoms with Crippen LogP contribution in [0.4, 0.5) is 0 Å². The summed E-state index contributed by atoms with van der Waals surface area (Å²) < 4.78 is 0. The smallest absolute Gasteiger partial charge is 0.182 e. The molecule has 4 heteroatoms. The van der Waals surface area contributed by atoms with Gasteiger partial charge >= 0.3 is 0 Å². The van der Waals surface area contributed by atoms with E-state index >= 15 is 0 Å². The van der Waals surface area contributed by atoms with Gasteiger partial charge in [0.1, 0.15) is 5.78 Å². The molecule has 80 valence electrons. The van der Waals surface area contributed by atoms with Crippen LogP contribution in [0, 0.1) is 19.8 Å². The zero-order valence-electron chi connectivity index (χ0n) is 8.87. The lowest BCUT2D eigenvalue weighted by atomic mass is 10.1. The fourth-order valence-corrected chi connectivity index (χ4v) is 2.44. The molecule has 0 bridgehead atoms. The number of aromatic nitrogens is 1. The Morgan fingerprint density at radius 3 is 2.53 bits per heavy atom. The molecule has 1 aliphatic rings. The average Bonchev–Trinajstić information content (AvgIpc) is 2.92. The molecule has 1 aromatic heterocycles. The lowest BCUT2D eigenvalue weighted by Gasteiger charge is -1.96. The normalized spacial score (nSPS) is 15.3. The molecular formula is C11H13NO2S. The molecule has 0 radical (unpaired) electrons. The summed E-state index contributed by atoms with van der Waals surface area (Å²) in [4.78, 5) is 28.1. The number of carbonyl (C=O) groups is 2. The first-order valence-electron chi connectivity index (χ1n) is 5.08. The van der Waals surface area contributed by atoms with Gasteiger partial charge in [0.2, 0.25) is 0 Å². The van der Waals surface area contributed by atoms with Crippen LogP contribution in [-0.2, 0) is 4.79 Å². The van der Waals surface area contributed by atoms with Gasteiger partial charge in [0.25, 0.3) is 0 Å². The van der Waals surface area contributed by atoms with Crippen LogP contribution in [0.5, 0.6) is 0 Å². The van der Waals surface area contributed by atoms with E-state index in [4.69, 9.17) is 0 Å². The fraction of sp³-hybridized carbons (Fsp3) is 0.545. The van der Waals surface area contributed by atoms with Gasteiger partial charge < -0.3 is 0 Å². The summed E-state index contributed by atoms with van der Waals surface area (Å²) in [5.74, 6) is 0.212. The molecule has 1 saturated carbocycles. The van der Waals surface area contributed by atoms with Gasteiger partial charge in [0.15, 0.2) is 5.78 Å². The number of nitrogens with zero attached hydrogens (tertiary/aromatic N) is 1. The van der Waals surface area contributed by atoms with Crippen LogP contribution in [-0.4, -0.2) is 16.6 Å². The molecule has 3 nitrogen and oxygen atoms in total. The van der Waals surface area contributed by atoms with E-state index in [1.807, 2.05) is 13.8 Å². The van der Waals surface area contributed by atoms with Gasteiger partial charge in [-0.05, 0) is 26.7 Å². The topological polar surface area (TPSA) is 47.0 Å². The Bertz CT molecular complexity index is 418. The maximum absolute atomic E-state index is 11.8. The largest absolute Gasteiger partial charge is 0.299 e. The van der Waals surface area contributed by atoms with E-state index in [1.54, 1.807) is 0 Å². The van der Waals surface area contributed by atoms with Crippen molar-refractivity contribution in [3.63, 3.8) is 0 Å². The third-order valence-electron chi connectivity index (χ3n) is 2.52. The second-order valence-electron chi connectivity index (χ2n) is 3.99. The third-order valence-corrected chi connectivity index (χ3v) is 3.64. The molecule has 0 N–H and O–H groups in total. The Morgan fingerprint density at radius 2 is 2.07 bits per heavy atom. The summed E-state index contributed by atoms with van der Waals surface area (Å²) in [6.45, 7) is 3.69. The van der Waals surface area contributed by atoms with Crippen molar-refractivity contribution in [3.05, 3.63) is 15.6 Å². The fourth-order valence-electron chi connectivity index (χ4n) is 1.58. The maximum Gasteiger partial charge on any atom is 0.182 e. The highest BCUT2D eigenvalue weighted by atomic mass is 32.1. The first-order valence-corrected chi connectivity index (χ1v) is 5.89. The number of thiazole rings is 1. The molecular weight excluding hydrogens is 210 g/mol. The standard InChI is InChI=1S/C11H13NO2S/c1-6-11(15-7(2)12-6)10(14)5-9(13)8-3-4-8/h8H,3-5H2,1-2H3. The second-order valence-corrected chi connectivity index (χ2v) is 5.19. The monoisotopic (exact) mass is 223 g/mol. The van der Waals surface area contributed by atoms with Crippen molar-refractivity contribution in [2.75, 3.05) is 0 Å². The van der Waals surface area contributed by atoms with Crippen molar-refractivity contribution in [2.24, 2.45) is 5.92 Å². The summed E-state index contributed by atoms with van der Waals surface area (Å²) in [5.41, 5.74) is 0.756. The van der Waals surface area contributed by atoms with Gasteiger partial charge in [-0.1, -0.05) is 0 Å². The Hall–Kier alpha value is -1.03. The Morgan fingerprint density at radius 1 is 1.40 bits per heavy atom. The van der Waals surface area contributed by atoms with Crippen LogP contribution in [0.3, 0.4) is 0 Å². The quantitative estimate of drug-likeness (QED) is 0.581. The molecule has 0 saturated heterocycles. The van der Waals surface area contributed by atoms with Crippen molar-refractivity contribution >= 4 is 22.9 Å². The van der Waals surface area contributed by atoms with Crippen LogP contribution in [0.1, 0.15) is 39.6 Å². The molecule has 0 spiro atoms. The molecule has 15 heavy (non-hydrogen) atoms. The van der Waals surface area contributed by atoms with Gasteiger partial charge in [-0.2, -0.15) is 0 Å². The first kappa shape index (κ1) is 10.5.